The number of hydrogen-bond donors (Lipinski definition) is 0. The average Bonchev–Trinajstić information content (AvgIpc) is 2.97. The number of carbonyl (C=O) groups excluding carboxylic acids is 2. The molecule has 5 nitrogen and oxygen atoms in total. The van der Waals surface area contributed by atoms with Crippen molar-refractivity contribution < 1.29 is 19.1 Å². The van der Waals surface area contributed by atoms with Crippen molar-refractivity contribution in [1.82, 2.24) is 4.90 Å². The lowest BCUT2D eigenvalue weighted by atomic mass is 10.1. The van der Waals surface area contributed by atoms with Gasteiger partial charge in [0.1, 0.15) is 0 Å². The highest BCUT2D eigenvalue weighted by Crippen LogP contribution is 2.22. The molecule has 16 heavy (non-hydrogen) atoms. The van der Waals surface area contributed by atoms with Gasteiger partial charge in [0.05, 0.1) is 25.6 Å². The van der Waals surface area contributed by atoms with Crippen molar-refractivity contribution in [2.45, 2.75) is 12.8 Å². The van der Waals surface area contributed by atoms with E-state index >= 15 is 0 Å². The Hall–Kier alpha value is -1.10. The van der Waals surface area contributed by atoms with E-state index in [1.807, 2.05) is 0 Å². The standard InChI is InChI=1S/C11H17NO4/c1-15-11(14)8-2-4-12(6-8)10(13)9-3-5-16-7-9/h8-9H,2-7H2,1H3. The Bertz CT molecular complexity index is 286. The van der Waals surface area contributed by atoms with Crippen molar-refractivity contribution >= 4 is 11.9 Å². The Morgan fingerprint density at radius 1 is 1.31 bits per heavy atom. The summed E-state index contributed by atoms with van der Waals surface area (Å²) in [6, 6.07) is 0. The van der Waals surface area contributed by atoms with Crippen LogP contribution in [0.3, 0.4) is 0 Å². The summed E-state index contributed by atoms with van der Waals surface area (Å²) in [4.78, 5) is 25.1. The number of hydrogen-bond acceptors (Lipinski definition) is 4. The third kappa shape index (κ3) is 2.19. The molecule has 0 aromatic carbocycles. The van der Waals surface area contributed by atoms with Gasteiger partial charge in [-0.1, -0.05) is 0 Å². The van der Waals surface area contributed by atoms with Crippen LogP contribution < -0.4 is 0 Å². The molecule has 0 spiro atoms. The van der Waals surface area contributed by atoms with Crippen LogP contribution in [-0.2, 0) is 19.1 Å². The molecule has 2 aliphatic rings. The van der Waals surface area contributed by atoms with Crippen LogP contribution in [0.4, 0.5) is 0 Å². The quantitative estimate of drug-likeness (QED) is 0.625. The highest BCUT2D eigenvalue weighted by atomic mass is 16.5. The summed E-state index contributed by atoms with van der Waals surface area (Å²) in [5.41, 5.74) is 0. The molecular weight excluding hydrogens is 210 g/mol. The number of carbonyl (C=O) groups is 2. The SMILES string of the molecule is COC(=O)C1CCN(C(=O)C2CCOC2)C1. The molecule has 0 aromatic rings. The van der Waals surface area contributed by atoms with Gasteiger partial charge < -0.3 is 14.4 Å². The maximum atomic E-state index is 12.0. The van der Waals surface area contributed by atoms with E-state index in [0.717, 1.165) is 6.42 Å². The zero-order valence-corrected chi connectivity index (χ0v) is 9.48. The molecule has 5 heteroatoms. The molecule has 0 radical (unpaired) electrons. The van der Waals surface area contributed by atoms with Crippen molar-refractivity contribution in [2.75, 3.05) is 33.4 Å². The van der Waals surface area contributed by atoms with Crippen molar-refractivity contribution in [3.8, 4) is 0 Å². The molecule has 2 unspecified atom stereocenters. The highest BCUT2D eigenvalue weighted by Gasteiger charge is 2.35. The topological polar surface area (TPSA) is 55.8 Å². The van der Waals surface area contributed by atoms with Gasteiger partial charge in [0.2, 0.25) is 5.91 Å². The van der Waals surface area contributed by atoms with E-state index in [9.17, 15) is 9.59 Å². The maximum absolute atomic E-state index is 12.0. The first-order valence-corrected chi connectivity index (χ1v) is 5.66. The summed E-state index contributed by atoms with van der Waals surface area (Å²) in [7, 11) is 1.39. The number of esters is 1. The second kappa shape index (κ2) is 4.82. The molecule has 0 saturated carbocycles. The van der Waals surface area contributed by atoms with E-state index in [0.29, 0.717) is 32.7 Å². The van der Waals surface area contributed by atoms with Gasteiger partial charge in [0.25, 0.3) is 0 Å². The number of nitrogens with zero attached hydrogens (tertiary/aromatic N) is 1. The van der Waals surface area contributed by atoms with E-state index < -0.39 is 0 Å². The summed E-state index contributed by atoms with van der Waals surface area (Å²) in [5, 5.41) is 0. The van der Waals surface area contributed by atoms with Crippen LogP contribution in [0.2, 0.25) is 0 Å². The minimum Gasteiger partial charge on any atom is -0.469 e. The van der Waals surface area contributed by atoms with Gasteiger partial charge in [-0.15, -0.1) is 0 Å². The fourth-order valence-electron chi connectivity index (χ4n) is 2.31. The number of likely N-dealkylation sites (tertiary alicyclic amines) is 1. The molecule has 0 aromatic heterocycles. The van der Waals surface area contributed by atoms with E-state index in [1.165, 1.54) is 7.11 Å². The van der Waals surface area contributed by atoms with Crippen LogP contribution in [0, 0.1) is 11.8 Å². The number of methoxy groups -OCH3 is 1. The molecule has 2 atom stereocenters. The zero-order chi connectivity index (χ0) is 11.5. The monoisotopic (exact) mass is 227 g/mol. The highest BCUT2D eigenvalue weighted by molar-refractivity contribution is 5.81. The van der Waals surface area contributed by atoms with Crippen LogP contribution in [0.25, 0.3) is 0 Å². The Kier molecular flexibility index (Phi) is 3.43. The molecule has 0 bridgehead atoms. The predicted octanol–water partition coefficient (Wildman–Crippen LogP) is 0.0444. The summed E-state index contributed by atoms with van der Waals surface area (Å²) >= 11 is 0. The van der Waals surface area contributed by atoms with Gasteiger partial charge in [0, 0.05) is 19.7 Å². The molecule has 2 aliphatic heterocycles. The predicted molar refractivity (Wildman–Crippen MR) is 55.6 cm³/mol. The maximum Gasteiger partial charge on any atom is 0.310 e. The van der Waals surface area contributed by atoms with Gasteiger partial charge in [-0.05, 0) is 12.8 Å². The van der Waals surface area contributed by atoms with Crippen LogP contribution in [0.1, 0.15) is 12.8 Å². The Balaban J connectivity index is 1.87. The molecule has 0 aliphatic carbocycles. The van der Waals surface area contributed by atoms with Gasteiger partial charge >= 0.3 is 5.97 Å². The Labute approximate surface area is 94.7 Å². The first kappa shape index (κ1) is 11.4. The van der Waals surface area contributed by atoms with Crippen LogP contribution >= 0.6 is 0 Å². The lowest BCUT2D eigenvalue weighted by Crippen LogP contribution is -2.35. The van der Waals surface area contributed by atoms with Gasteiger partial charge in [-0.2, -0.15) is 0 Å². The van der Waals surface area contributed by atoms with Crippen molar-refractivity contribution in [2.24, 2.45) is 11.8 Å². The number of rotatable bonds is 2. The molecule has 0 N–H and O–H groups in total. The molecular formula is C11H17NO4. The Morgan fingerprint density at radius 3 is 2.75 bits per heavy atom. The first-order valence-electron chi connectivity index (χ1n) is 5.66. The summed E-state index contributed by atoms with van der Waals surface area (Å²) in [6.07, 6.45) is 1.52. The first-order chi connectivity index (χ1) is 7.72. The molecule has 2 heterocycles. The Morgan fingerprint density at radius 2 is 2.12 bits per heavy atom. The zero-order valence-electron chi connectivity index (χ0n) is 9.48. The smallest absolute Gasteiger partial charge is 0.310 e. The van der Waals surface area contributed by atoms with Crippen molar-refractivity contribution in [3.05, 3.63) is 0 Å². The van der Waals surface area contributed by atoms with E-state index in [4.69, 9.17) is 4.74 Å². The van der Waals surface area contributed by atoms with Gasteiger partial charge in [-0.3, -0.25) is 9.59 Å². The number of amides is 1. The second-order valence-electron chi connectivity index (χ2n) is 4.35. The lowest BCUT2D eigenvalue weighted by Gasteiger charge is -2.19. The van der Waals surface area contributed by atoms with E-state index in [-0.39, 0.29) is 23.7 Å². The minimum absolute atomic E-state index is 0.00334. The molecule has 2 fully saturated rings. The molecule has 1 amide bonds. The molecule has 2 saturated heterocycles. The van der Waals surface area contributed by atoms with Gasteiger partial charge in [0.15, 0.2) is 0 Å². The number of ether oxygens (including phenoxy) is 2. The van der Waals surface area contributed by atoms with Crippen LogP contribution in [0.15, 0.2) is 0 Å². The normalized spacial score (nSPS) is 29.4. The van der Waals surface area contributed by atoms with E-state index in [2.05, 4.69) is 4.74 Å². The van der Waals surface area contributed by atoms with E-state index in [1.54, 1.807) is 4.90 Å². The average molecular weight is 227 g/mol. The summed E-state index contributed by atoms with van der Waals surface area (Å²) < 4.78 is 9.88. The molecule has 90 valence electrons. The lowest BCUT2D eigenvalue weighted by molar-refractivity contribution is -0.145. The largest absolute Gasteiger partial charge is 0.469 e. The fourth-order valence-corrected chi connectivity index (χ4v) is 2.31. The summed E-state index contributed by atoms with van der Waals surface area (Å²) in [6.45, 7) is 2.36. The van der Waals surface area contributed by atoms with Crippen LogP contribution in [0.5, 0.6) is 0 Å². The van der Waals surface area contributed by atoms with Gasteiger partial charge in [-0.25, -0.2) is 0 Å². The fraction of sp³-hybridized carbons (Fsp3) is 0.818. The third-order valence-electron chi connectivity index (χ3n) is 3.31. The molecule has 2 rings (SSSR count). The van der Waals surface area contributed by atoms with Crippen molar-refractivity contribution in [1.29, 1.82) is 0 Å². The van der Waals surface area contributed by atoms with Crippen molar-refractivity contribution in [3.63, 3.8) is 0 Å². The van der Waals surface area contributed by atoms with Crippen LogP contribution in [-0.4, -0.2) is 50.2 Å². The second-order valence-corrected chi connectivity index (χ2v) is 4.35. The third-order valence-corrected chi connectivity index (χ3v) is 3.31. The summed E-state index contributed by atoms with van der Waals surface area (Å²) in [5.74, 6) is -0.227. The minimum atomic E-state index is -0.210.